The molecule has 18 heavy (non-hydrogen) atoms. The number of rotatable bonds is 4. The van der Waals surface area contributed by atoms with Gasteiger partial charge in [-0.2, -0.15) is 0 Å². The van der Waals surface area contributed by atoms with Gasteiger partial charge in [-0.1, -0.05) is 36.4 Å². The van der Waals surface area contributed by atoms with E-state index in [1.807, 2.05) is 0 Å². The van der Waals surface area contributed by atoms with Crippen molar-refractivity contribution in [3.8, 4) is 0 Å². The Labute approximate surface area is 109 Å². The Morgan fingerprint density at radius 1 is 1.39 bits per heavy atom. The van der Waals surface area contributed by atoms with Gasteiger partial charge in [-0.25, -0.2) is 0 Å². The van der Waals surface area contributed by atoms with E-state index in [4.69, 9.17) is 9.84 Å². The Bertz CT molecular complexity index is 441. The van der Waals surface area contributed by atoms with Crippen LogP contribution in [0, 0.1) is 6.92 Å². The molecule has 0 aliphatic carbocycles. The van der Waals surface area contributed by atoms with E-state index in [1.54, 1.807) is 0 Å². The van der Waals surface area contributed by atoms with Crippen LogP contribution in [0.1, 0.15) is 36.5 Å². The van der Waals surface area contributed by atoms with E-state index >= 15 is 0 Å². The third-order valence-corrected chi connectivity index (χ3v) is 3.42. The normalized spacial score (nSPS) is 23.1. The van der Waals surface area contributed by atoms with E-state index in [1.165, 1.54) is 11.1 Å². The van der Waals surface area contributed by atoms with Gasteiger partial charge in [0.1, 0.15) is 0 Å². The van der Waals surface area contributed by atoms with E-state index in [-0.39, 0.29) is 18.8 Å². The Morgan fingerprint density at radius 2 is 2.11 bits per heavy atom. The van der Waals surface area contributed by atoms with Crippen LogP contribution in [-0.2, 0) is 4.74 Å². The molecule has 0 bridgehead atoms. The summed E-state index contributed by atoms with van der Waals surface area (Å²) in [4.78, 5) is 0. The number of ether oxygens (including phenoxy) is 1. The highest BCUT2D eigenvalue weighted by molar-refractivity contribution is 5.27. The van der Waals surface area contributed by atoms with Gasteiger partial charge in [-0.05, 0) is 25.3 Å². The van der Waals surface area contributed by atoms with Crippen molar-refractivity contribution in [3.05, 3.63) is 53.3 Å². The molecule has 2 rings (SSSR count). The van der Waals surface area contributed by atoms with Crippen LogP contribution in [-0.4, -0.2) is 17.8 Å². The fourth-order valence-electron chi connectivity index (χ4n) is 2.34. The summed E-state index contributed by atoms with van der Waals surface area (Å²) >= 11 is 0. The smallest absolute Gasteiger partial charge is 0.0877 e. The maximum Gasteiger partial charge on any atom is 0.0877 e. The van der Waals surface area contributed by atoms with E-state index in [0.29, 0.717) is 0 Å². The molecule has 2 atom stereocenters. The third-order valence-electron chi connectivity index (χ3n) is 3.42. The van der Waals surface area contributed by atoms with Gasteiger partial charge < -0.3 is 9.84 Å². The van der Waals surface area contributed by atoms with Gasteiger partial charge in [0, 0.05) is 18.6 Å². The van der Waals surface area contributed by atoms with Gasteiger partial charge in [0.25, 0.3) is 0 Å². The largest absolute Gasteiger partial charge is 0.396 e. The molecular formula is C16H20O2. The van der Waals surface area contributed by atoms with Crippen molar-refractivity contribution in [2.24, 2.45) is 0 Å². The van der Waals surface area contributed by atoms with E-state index in [0.717, 1.165) is 24.8 Å². The number of aliphatic hydroxyl groups is 1. The van der Waals surface area contributed by atoms with Crippen LogP contribution >= 0.6 is 0 Å². The van der Waals surface area contributed by atoms with E-state index < -0.39 is 0 Å². The van der Waals surface area contributed by atoms with Gasteiger partial charge in [0.05, 0.1) is 12.2 Å². The number of hydrogen-bond donors (Lipinski definition) is 1. The summed E-state index contributed by atoms with van der Waals surface area (Å²) in [5.41, 5.74) is 6.59. The van der Waals surface area contributed by atoms with Gasteiger partial charge in [0.2, 0.25) is 0 Å². The highest BCUT2D eigenvalue weighted by atomic mass is 16.5. The molecule has 96 valence electrons. The van der Waals surface area contributed by atoms with E-state index in [2.05, 4.69) is 43.5 Å². The maximum absolute atomic E-state index is 8.90. The van der Waals surface area contributed by atoms with Gasteiger partial charge in [0.15, 0.2) is 0 Å². The molecule has 0 aromatic heterocycles. The van der Waals surface area contributed by atoms with Crippen molar-refractivity contribution in [2.75, 3.05) is 6.61 Å². The van der Waals surface area contributed by atoms with Crippen molar-refractivity contribution in [3.63, 3.8) is 0 Å². The predicted octanol–water partition coefficient (Wildman–Crippen LogP) is 3.31. The Kier molecular flexibility index (Phi) is 4.38. The highest BCUT2D eigenvalue weighted by Crippen LogP contribution is 2.37. The summed E-state index contributed by atoms with van der Waals surface area (Å²) in [5, 5.41) is 8.90. The van der Waals surface area contributed by atoms with Crippen molar-refractivity contribution >= 4 is 0 Å². The Balaban J connectivity index is 2.09. The summed E-state index contributed by atoms with van der Waals surface area (Å²) in [6.07, 6.45) is 2.65. The minimum atomic E-state index is 0.0703. The van der Waals surface area contributed by atoms with E-state index in [9.17, 15) is 0 Å². The quantitative estimate of drug-likeness (QED) is 0.823. The maximum atomic E-state index is 8.90. The molecular weight excluding hydrogens is 224 g/mol. The first-order valence-electron chi connectivity index (χ1n) is 6.46. The Morgan fingerprint density at radius 3 is 2.72 bits per heavy atom. The van der Waals surface area contributed by atoms with Crippen LogP contribution in [0.15, 0.2) is 42.1 Å². The molecule has 1 aliphatic heterocycles. The lowest BCUT2D eigenvalue weighted by atomic mass is 10.0. The second-order valence-electron chi connectivity index (χ2n) is 4.80. The van der Waals surface area contributed by atoms with Gasteiger partial charge in [-0.3, -0.25) is 0 Å². The van der Waals surface area contributed by atoms with Crippen molar-refractivity contribution in [1.82, 2.24) is 0 Å². The second kappa shape index (κ2) is 6.01. The summed E-state index contributed by atoms with van der Waals surface area (Å²) in [5.74, 6) is 0. The molecule has 1 aromatic carbocycles. The number of benzene rings is 1. The summed E-state index contributed by atoms with van der Waals surface area (Å²) in [6.45, 7) is 6.03. The Hall–Kier alpha value is -1.34. The first kappa shape index (κ1) is 13.1. The molecule has 0 spiro atoms. The lowest BCUT2D eigenvalue weighted by molar-refractivity contribution is 0.0440. The average Bonchev–Trinajstić information content (AvgIpc) is 2.80. The fraction of sp³-hybridized carbons (Fsp3) is 0.438. The van der Waals surface area contributed by atoms with Gasteiger partial charge in [-0.15, -0.1) is 5.73 Å². The molecule has 0 amide bonds. The van der Waals surface area contributed by atoms with Crippen molar-refractivity contribution in [1.29, 1.82) is 0 Å². The zero-order valence-corrected chi connectivity index (χ0v) is 10.9. The van der Waals surface area contributed by atoms with Crippen molar-refractivity contribution in [2.45, 2.75) is 38.4 Å². The van der Waals surface area contributed by atoms with Crippen molar-refractivity contribution < 1.29 is 9.84 Å². The molecule has 1 N–H and O–H groups in total. The molecule has 1 saturated heterocycles. The molecule has 1 heterocycles. The lowest BCUT2D eigenvalue weighted by Crippen LogP contribution is -2.08. The summed E-state index contributed by atoms with van der Waals surface area (Å²) in [7, 11) is 0. The molecule has 2 heteroatoms. The predicted molar refractivity (Wildman–Crippen MR) is 72.4 cm³/mol. The topological polar surface area (TPSA) is 29.5 Å². The molecule has 1 fully saturated rings. The van der Waals surface area contributed by atoms with Crippen LogP contribution in [0.2, 0.25) is 0 Å². The summed E-state index contributed by atoms with van der Waals surface area (Å²) < 4.78 is 6.04. The summed E-state index contributed by atoms with van der Waals surface area (Å²) in [6, 6.07) is 8.46. The third kappa shape index (κ3) is 2.91. The average molecular weight is 244 g/mol. The first-order valence-corrected chi connectivity index (χ1v) is 6.46. The van der Waals surface area contributed by atoms with Crippen LogP contribution in [0.25, 0.3) is 0 Å². The fourth-order valence-corrected chi connectivity index (χ4v) is 2.34. The molecule has 0 radical (unpaired) electrons. The van der Waals surface area contributed by atoms with Crippen LogP contribution in [0.5, 0.6) is 0 Å². The van der Waals surface area contributed by atoms with Crippen LogP contribution < -0.4 is 0 Å². The number of hydrogen-bond acceptors (Lipinski definition) is 2. The standard InChI is InChI=1S/C16H20O2/c1-3-13-11-16(18-15(13)5-4-10-17)14-8-6-12(2)7-9-14/h6-9,15-17H,1,4-5,10-11H2,2H3. The zero-order valence-electron chi connectivity index (χ0n) is 10.9. The molecule has 2 nitrogen and oxygen atoms in total. The van der Waals surface area contributed by atoms with Crippen LogP contribution in [0.3, 0.4) is 0 Å². The molecule has 1 aromatic rings. The monoisotopic (exact) mass is 244 g/mol. The number of aryl methyl sites for hydroxylation is 1. The minimum absolute atomic E-state index is 0.0703. The first-order chi connectivity index (χ1) is 8.74. The highest BCUT2D eigenvalue weighted by Gasteiger charge is 2.30. The number of aliphatic hydroxyl groups excluding tert-OH is 1. The minimum Gasteiger partial charge on any atom is -0.396 e. The molecule has 0 saturated carbocycles. The van der Waals surface area contributed by atoms with Crippen LogP contribution in [0.4, 0.5) is 0 Å². The molecule has 2 unspecified atom stereocenters. The lowest BCUT2D eigenvalue weighted by Gasteiger charge is -2.13. The SMILES string of the molecule is C=C=C1CC(c2ccc(C)cc2)OC1CCCO. The second-order valence-corrected chi connectivity index (χ2v) is 4.80. The molecule has 1 aliphatic rings. The zero-order chi connectivity index (χ0) is 13.0. The van der Waals surface area contributed by atoms with Gasteiger partial charge >= 0.3 is 0 Å².